The lowest BCUT2D eigenvalue weighted by Gasteiger charge is -2.36. The van der Waals surface area contributed by atoms with Gasteiger partial charge in [0.05, 0.1) is 31.1 Å². The quantitative estimate of drug-likeness (QED) is 0.379. The van der Waals surface area contributed by atoms with Crippen LogP contribution in [-0.4, -0.2) is 61.6 Å². The predicted molar refractivity (Wildman–Crippen MR) is 140 cm³/mol. The number of esters is 1. The van der Waals surface area contributed by atoms with Gasteiger partial charge in [-0.1, -0.05) is 41.9 Å². The predicted octanol–water partition coefficient (Wildman–Crippen LogP) is 5.51. The van der Waals surface area contributed by atoms with Crippen molar-refractivity contribution in [1.29, 1.82) is 0 Å². The molecule has 0 aliphatic carbocycles. The highest BCUT2D eigenvalue weighted by Gasteiger charge is 2.26. The van der Waals surface area contributed by atoms with Crippen LogP contribution in [0.5, 0.6) is 0 Å². The molecule has 2 amide bonds. The summed E-state index contributed by atoms with van der Waals surface area (Å²) in [5, 5.41) is 3.36. The molecule has 0 aromatic heterocycles. The molecular weight excluding hydrogens is 516 g/mol. The number of urea groups is 1. The molecule has 1 saturated heterocycles. The van der Waals surface area contributed by atoms with E-state index < -0.39 is 23.7 Å². The minimum Gasteiger partial charge on any atom is -0.465 e. The highest BCUT2D eigenvalue weighted by Crippen LogP contribution is 2.25. The fourth-order valence-electron chi connectivity index (χ4n) is 4.23. The molecule has 200 valence electrons. The van der Waals surface area contributed by atoms with Crippen molar-refractivity contribution >= 4 is 29.3 Å². The highest BCUT2D eigenvalue weighted by atomic mass is 35.5. The summed E-state index contributed by atoms with van der Waals surface area (Å²) in [6.07, 6.45) is -0.474. The number of piperazine rings is 1. The number of ether oxygens (including phenoxy) is 2. The second-order valence-corrected chi connectivity index (χ2v) is 9.24. The van der Waals surface area contributed by atoms with E-state index in [9.17, 15) is 18.4 Å². The Labute approximate surface area is 224 Å². The Balaban J connectivity index is 1.38. The normalized spacial score (nSPS) is 14.7. The van der Waals surface area contributed by atoms with Gasteiger partial charge in [-0.25, -0.2) is 18.4 Å². The van der Waals surface area contributed by atoms with Gasteiger partial charge in [0.15, 0.2) is 0 Å². The van der Waals surface area contributed by atoms with Crippen molar-refractivity contribution in [3.05, 3.63) is 100 Å². The number of nitrogens with one attached hydrogen (secondary N) is 1. The molecule has 38 heavy (non-hydrogen) atoms. The molecule has 7 nitrogen and oxygen atoms in total. The molecule has 3 aromatic rings. The molecule has 0 radical (unpaired) electrons. The topological polar surface area (TPSA) is 71.1 Å². The van der Waals surface area contributed by atoms with Crippen molar-refractivity contribution in [3.63, 3.8) is 0 Å². The van der Waals surface area contributed by atoms with E-state index >= 15 is 0 Å². The maximum absolute atomic E-state index is 14.2. The number of hydrogen-bond donors (Lipinski definition) is 1. The van der Waals surface area contributed by atoms with Crippen molar-refractivity contribution < 1.29 is 27.8 Å². The summed E-state index contributed by atoms with van der Waals surface area (Å²) in [6, 6.07) is 17.2. The summed E-state index contributed by atoms with van der Waals surface area (Å²) in [6.45, 7) is 2.25. The van der Waals surface area contributed by atoms with Crippen LogP contribution in [-0.2, 0) is 16.1 Å². The van der Waals surface area contributed by atoms with Crippen molar-refractivity contribution in [2.75, 3.05) is 45.2 Å². The van der Waals surface area contributed by atoms with E-state index in [1.807, 2.05) is 12.1 Å². The summed E-state index contributed by atoms with van der Waals surface area (Å²) in [5.41, 5.74) is 1.35. The number of carbonyl (C=O) groups is 2. The minimum absolute atomic E-state index is 0.125. The molecule has 3 aromatic carbocycles. The van der Waals surface area contributed by atoms with E-state index in [1.54, 1.807) is 41.3 Å². The summed E-state index contributed by atoms with van der Waals surface area (Å²) in [7, 11) is 1.29. The van der Waals surface area contributed by atoms with Crippen LogP contribution in [0, 0.1) is 11.6 Å². The molecule has 1 aliphatic rings. The summed E-state index contributed by atoms with van der Waals surface area (Å²) < 4.78 is 39.1. The zero-order valence-corrected chi connectivity index (χ0v) is 21.6. The molecular formula is C28H28ClF2N3O4. The van der Waals surface area contributed by atoms with E-state index in [0.29, 0.717) is 43.4 Å². The fourth-order valence-corrected chi connectivity index (χ4v) is 4.35. The first-order valence-electron chi connectivity index (χ1n) is 12.1. The molecule has 1 atom stereocenters. The number of para-hydroxylation sites is 1. The Bertz CT molecular complexity index is 1250. The molecule has 1 fully saturated rings. The zero-order chi connectivity index (χ0) is 27.1. The third-order valence-corrected chi connectivity index (χ3v) is 6.64. The molecule has 10 heteroatoms. The molecule has 0 bridgehead atoms. The van der Waals surface area contributed by atoms with Crippen LogP contribution >= 0.6 is 11.6 Å². The average molecular weight is 544 g/mol. The van der Waals surface area contributed by atoms with Gasteiger partial charge in [0, 0.05) is 43.3 Å². The zero-order valence-electron chi connectivity index (χ0n) is 20.8. The largest absolute Gasteiger partial charge is 0.465 e. The summed E-state index contributed by atoms with van der Waals surface area (Å²) >= 11 is 6.04. The van der Waals surface area contributed by atoms with E-state index in [-0.39, 0.29) is 23.8 Å². The molecule has 4 rings (SSSR count). The van der Waals surface area contributed by atoms with Gasteiger partial charge in [-0.3, -0.25) is 4.90 Å². The highest BCUT2D eigenvalue weighted by molar-refractivity contribution is 6.30. The third kappa shape index (κ3) is 6.86. The van der Waals surface area contributed by atoms with Crippen molar-refractivity contribution in [3.8, 4) is 0 Å². The van der Waals surface area contributed by atoms with Crippen molar-refractivity contribution in [1.82, 2.24) is 9.80 Å². The van der Waals surface area contributed by atoms with E-state index in [0.717, 1.165) is 5.56 Å². The number of rotatable bonds is 8. The lowest BCUT2D eigenvalue weighted by Crippen LogP contribution is -2.51. The monoisotopic (exact) mass is 543 g/mol. The van der Waals surface area contributed by atoms with E-state index in [4.69, 9.17) is 21.1 Å². The third-order valence-electron chi connectivity index (χ3n) is 6.39. The van der Waals surface area contributed by atoms with Crippen LogP contribution < -0.4 is 5.32 Å². The van der Waals surface area contributed by atoms with Crippen molar-refractivity contribution in [2.45, 2.75) is 12.7 Å². The van der Waals surface area contributed by atoms with Crippen LogP contribution in [0.4, 0.5) is 19.3 Å². The number of amides is 2. The Hall–Kier alpha value is -3.53. The van der Waals surface area contributed by atoms with E-state index in [1.165, 1.54) is 25.3 Å². The number of hydrogen-bond acceptors (Lipinski definition) is 5. The Morgan fingerprint density at radius 3 is 2.26 bits per heavy atom. The van der Waals surface area contributed by atoms with Gasteiger partial charge in [0.25, 0.3) is 0 Å². The number of halogens is 3. The molecule has 0 spiro atoms. The molecule has 1 aliphatic heterocycles. The Morgan fingerprint density at radius 2 is 1.61 bits per heavy atom. The lowest BCUT2D eigenvalue weighted by atomic mass is 10.1. The van der Waals surface area contributed by atoms with Crippen LogP contribution in [0.3, 0.4) is 0 Å². The van der Waals surface area contributed by atoms with Crippen molar-refractivity contribution in [2.24, 2.45) is 0 Å². The maximum Gasteiger partial charge on any atom is 0.339 e. The lowest BCUT2D eigenvalue weighted by molar-refractivity contribution is 0.00376. The van der Waals surface area contributed by atoms with Crippen LogP contribution in [0.15, 0.2) is 66.7 Å². The first-order chi connectivity index (χ1) is 18.4. The van der Waals surface area contributed by atoms with Gasteiger partial charge < -0.3 is 19.7 Å². The molecule has 0 unspecified atom stereocenters. The van der Waals surface area contributed by atoms with E-state index in [2.05, 4.69) is 10.2 Å². The second-order valence-electron chi connectivity index (χ2n) is 8.81. The summed E-state index contributed by atoms with van der Waals surface area (Å²) in [4.78, 5) is 28.7. The second kappa shape index (κ2) is 12.8. The van der Waals surface area contributed by atoms with Crippen LogP contribution in [0.2, 0.25) is 5.02 Å². The number of carbonyl (C=O) groups excluding carboxylic acids is 2. The molecule has 1 heterocycles. The van der Waals surface area contributed by atoms with Gasteiger partial charge in [-0.05, 0) is 42.0 Å². The minimum atomic E-state index is -0.659. The number of nitrogens with zero attached hydrogens (tertiary/aromatic N) is 2. The van der Waals surface area contributed by atoms with Gasteiger partial charge in [-0.2, -0.15) is 0 Å². The first kappa shape index (κ1) is 27.5. The average Bonchev–Trinajstić information content (AvgIpc) is 2.93. The Morgan fingerprint density at radius 1 is 0.947 bits per heavy atom. The van der Waals surface area contributed by atoms with Gasteiger partial charge in [0.1, 0.15) is 11.6 Å². The summed E-state index contributed by atoms with van der Waals surface area (Å²) in [5.74, 6) is -1.85. The number of methoxy groups -OCH3 is 1. The standard InChI is InChI=1S/C28H28ClF2N3O4/c1-37-27(35)21-5-2-3-8-25(21)32-28(36)34-15-13-33(14-16-34)17-26(19-9-11-20(29)12-10-19)38-18-22-23(30)6-4-7-24(22)31/h2-12,26H,13-18H2,1H3,(H,32,36)/t26-/m1/s1. The van der Waals surface area contributed by atoms with Gasteiger partial charge >= 0.3 is 12.0 Å². The van der Waals surface area contributed by atoms with Gasteiger partial charge in [-0.15, -0.1) is 0 Å². The maximum atomic E-state index is 14.2. The Kier molecular flexibility index (Phi) is 9.28. The number of anilines is 1. The molecule has 0 saturated carbocycles. The fraction of sp³-hybridized carbons (Fsp3) is 0.286. The first-order valence-corrected chi connectivity index (χ1v) is 12.5. The van der Waals surface area contributed by atoms with Gasteiger partial charge in [0.2, 0.25) is 0 Å². The molecule has 1 N–H and O–H groups in total. The number of benzene rings is 3. The smallest absolute Gasteiger partial charge is 0.339 e. The van der Waals surface area contributed by atoms with Crippen LogP contribution in [0.25, 0.3) is 0 Å². The van der Waals surface area contributed by atoms with Crippen LogP contribution in [0.1, 0.15) is 27.6 Å². The SMILES string of the molecule is COC(=O)c1ccccc1NC(=O)N1CCN(C[C@@H](OCc2c(F)cccc2F)c2ccc(Cl)cc2)CC1.